The van der Waals surface area contributed by atoms with E-state index in [0.29, 0.717) is 13.0 Å². The molecule has 3 unspecified atom stereocenters. The van der Waals surface area contributed by atoms with Gasteiger partial charge in [0.15, 0.2) is 0 Å². The SMILES string of the molecule is CCC[C@H](N[C@@H](C)C(=O)N1C2CCC(C2)C1C(N)=O)C(=O)OCC. The second kappa shape index (κ2) is 7.96. The van der Waals surface area contributed by atoms with Crippen LogP contribution in [0.25, 0.3) is 0 Å². The van der Waals surface area contributed by atoms with Crippen molar-refractivity contribution in [3.8, 4) is 0 Å². The number of hydrogen-bond donors (Lipinski definition) is 2. The van der Waals surface area contributed by atoms with Crippen LogP contribution in [-0.2, 0) is 19.1 Å². The highest BCUT2D eigenvalue weighted by Crippen LogP contribution is 2.42. The summed E-state index contributed by atoms with van der Waals surface area (Å²) in [4.78, 5) is 38.3. The van der Waals surface area contributed by atoms with Crippen LogP contribution in [-0.4, -0.2) is 53.5 Å². The quantitative estimate of drug-likeness (QED) is 0.629. The van der Waals surface area contributed by atoms with E-state index >= 15 is 0 Å². The maximum absolute atomic E-state index is 12.9. The van der Waals surface area contributed by atoms with E-state index in [1.165, 1.54) is 0 Å². The fraction of sp³-hybridized carbons (Fsp3) is 0.824. The molecule has 1 aliphatic heterocycles. The maximum atomic E-state index is 12.9. The van der Waals surface area contributed by atoms with Crippen LogP contribution in [0, 0.1) is 5.92 Å². The van der Waals surface area contributed by atoms with Gasteiger partial charge in [-0.1, -0.05) is 13.3 Å². The number of amides is 2. The largest absolute Gasteiger partial charge is 0.465 e. The lowest BCUT2D eigenvalue weighted by Crippen LogP contribution is -2.58. The van der Waals surface area contributed by atoms with Crippen molar-refractivity contribution in [3.63, 3.8) is 0 Å². The number of ether oxygens (including phenoxy) is 1. The second-order valence-electron chi connectivity index (χ2n) is 6.80. The first-order valence-corrected chi connectivity index (χ1v) is 8.94. The van der Waals surface area contributed by atoms with E-state index in [1.54, 1.807) is 18.7 Å². The lowest BCUT2D eigenvalue weighted by Gasteiger charge is -2.36. The van der Waals surface area contributed by atoms with Crippen molar-refractivity contribution in [2.45, 2.75) is 77.0 Å². The minimum Gasteiger partial charge on any atom is -0.465 e. The highest BCUT2D eigenvalue weighted by Gasteiger charge is 2.51. The van der Waals surface area contributed by atoms with Crippen LogP contribution >= 0.6 is 0 Å². The van der Waals surface area contributed by atoms with E-state index < -0.39 is 24.0 Å². The molecule has 0 aromatic heterocycles. The van der Waals surface area contributed by atoms with Gasteiger partial charge in [0.25, 0.3) is 0 Å². The number of piperidine rings is 1. The van der Waals surface area contributed by atoms with Crippen molar-refractivity contribution in [3.05, 3.63) is 0 Å². The zero-order chi connectivity index (χ0) is 17.9. The Morgan fingerprint density at radius 1 is 1.29 bits per heavy atom. The Morgan fingerprint density at radius 2 is 2.00 bits per heavy atom. The van der Waals surface area contributed by atoms with Crippen molar-refractivity contribution in [1.29, 1.82) is 0 Å². The third-order valence-corrected chi connectivity index (χ3v) is 5.10. The average Bonchev–Trinajstić information content (AvgIpc) is 3.14. The van der Waals surface area contributed by atoms with Gasteiger partial charge in [-0.25, -0.2) is 0 Å². The molecule has 1 aliphatic carbocycles. The summed E-state index contributed by atoms with van der Waals surface area (Å²) in [5, 5.41) is 3.08. The van der Waals surface area contributed by atoms with Gasteiger partial charge in [0, 0.05) is 6.04 Å². The molecule has 24 heavy (non-hydrogen) atoms. The number of likely N-dealkylation sites (tertiary alicyclic amines) is 1. The van der Waals surface area contributed by atoms with Gasteiger partial charge >= 0.3 is 5.97 Å². The number of nitrogens with zero attached hydrogens (tertiary/aromatic N) is 1. The van der Waals surface area contributed by atoms with E-state index in [2.05, 4.69) is 5.32 Å². The number of nitrogens with two attached hydrogens (primary N) is 1. The van der Waals surface area contributed by atoms with Crippen LogP contribution < -0.4 is 11.1 Å². The number of esters is 1. The van der Waals surface area contributed by atoms with Gasteiger partial charge in [0.2, 0.25) is 11.8 Å². The van der Waals surface area contributed by atoms with Gasteiger partial charge in [-0.05, 0) is 45.4 Å². The predicted octanol–water partition coefficient (Wildman–Crippen LogP) is 0.561. The molecule has 1 saturated carbocycles. The third-order valence-electron chi connectivity index (χ3n) is 5.10. The maximum Gasteiger partial charge on any atom is 0.323 e. The Bertz CT molecular complexity index is 496. The molecule has 5 atom stereocenters. The Labute approximate surface area is 143 Å². The van der Waals surface area contributed by atoms with Crippen LogP contribution in [0.2, 0.25) is 0 Å². The van der Waals surface area contributed by atoms with Crippen molar-refractivity contribution < 1.29 is 19.1 Å². The molecule has 1 heterocycles. The number of hydrogen-bond acceptors (Lipinski definition) is 5. The van der Waals surface area contributed by atoms with Gasteiger partial charge in [-0.3, -0.25) is 19.7 Å². The minimum atomic E-state index is -0.563. The number of carbonyl (C=O) groups is 3. The van der Waals surface area contributed by atoms with Crippen LogP contribution in [0.1, 0.15) is 52.9 Å². The molecule has 0 radical (unpaired) electrons. The molecule has 136 valence electrons. The zero-order valence-corrected chi connectivity index (χ0v) is 14.8. The summed E-state index contributed by atoms with van der Waals surface area (Å²) in [7, 11) is 0. The molecule has 2 aliphatic rings. The summed E-state index contributed by atoms with van der Waals surface area (Å²) in [6.45, 7) is 5.77. The van der Waals surface area contributed by atoms with Gasteiger partial charge < -0.3 is 15.4 Å². The normalized spacial score (nSPS) is 27.8. The van der Waals surface area contributed by atoms with E-state index in [1.807, 2.05) is 6.92 Å². The molecule has 2 bridgehead atoms. The van der Waals surface area contributed by atoms with Crippen LogP contribution in [0.3, 0.4) is 0 Å². The number of primary amides is 1. The topological polar surface area (TPSA) is 102 Å². The van der Waals surface area contributed by atoms with Crippen molar-refractivity contribution in [2.24, 2.45) is 11.7 Å². The molecule has 7 nitrogen and oxygen atoms in total. The third kappa shape index (κ3) is 3.71. The molecule has 2 fully saturated rings. The van der Waals surface area contributed by atoms with E-state index in [4.69, 9.17) is 10.5 Å². The molecule has 2 rings (SSSR count). The predicted molar refractivity (Wildman–Crippen MR) is 88.9 cm³/mol. The molecule has 2 amide bonds. The second-order valence-corrected chi connectivity index (χ2v) is 6.80. The summed E-state index contributed by atoms with van der Waals surface area (Å²) < 4.78 is 5.07. The highest BCUT2D eigenvalue weighted by atomic mass is 16.5. The fourth-order valence-electron chi connectivity index (χ4n) is 4.07. The molecular formula is C17H29N3O4. The average molecular weight is 339 g/mol. The Hall–Kier alpha value is -1.63. The Balaban J connectivity index is 2.05. The van der Waals surface area contributed by atoms with E-state index in [9.17, 15) is 14.4 Å². The van der Waals surface area contributed by atoms with E-state index in [0.717, 1.165) is 25.7 Å². The molecule has 3 N–H and O–H groups in total. The molecule has 0 spiro atoms. The first-order chi connectivity index (χ1) is 11.4. The molecule has 0 aromatic carbocycles. The summed E-state index contributed by atoms with van der Waals surface area (Å²) in [5.41, 5.74) is 5.52. The summed E-state index contributed by atoms with van der Waals surface area (Å²) in [6, 6.07) is -1.49. The standard InChI is InChI=1S/C17H29N3O4/c1-4-6-13(17(23)24-5-2)19-10(3)16(22)20-12-8-7-11(9-12)14(20)15(18)21/h10-14,19H,4-9H2,1-3H3,(H2,18,21)/t10-,11?,12?,13-,14?/m0/s1. The van der Waals surface area contributed by atoms with Crippen LogP contribution in [0.5, 0.6) is 0 Å². The van der Waals surface area contributed by atoms with Crippen LogP contribution in [0.15, 0.2) is 0 Å². The molecule has 1 saturated heterocycles. The minimum absolute atomic E-state index is 0.0940. The number of nitrogens with one attached hydrogen (secondary N) is 1. The van der Waals surface area contributed by atoms with Gasteiger partial charge in [0.1, 0.15) is 12.1 Å². The van der Waals surface area contributed by atoms with Crippen molar-refractivity contribution in [2.75, 3.05) is 6.61 Å². The zero-order valence-electron chi connectivity index (χ0n) is 14.8. The van der Waals surface area contributed by atoms with Crippen molar-refractivity contribution in [1.82, 2.24) is 10.2 Å². The molecular weight excluding hydrogens is 310 g/mol. The number of carbonyl (C=O) groups excluding carboxylic acids is 3. The summed E-state index contributed by atoms with van der Waals surface area (Å²) in [5.74, 6) is -0.747. The molecule has 7 heteroatoms. The van der Waals surface area contributed by atoms with Crippen molar-refractivity contribution >= 4 is 17.8 Å². The number of fused-ring (bicyclic) bond motifs is 2. The molecule has 0 aromatic rings. The van der Waals surface area contributed by atoms with Gasteiger partial charge in [0.05, 0.1) is 12.6 Å². The fourth-order valence-corrected chi connectivity index (χ4v) is 4.07. The first-order valence-electron chi connectivity index (χ1n) is 8.94. The van der Waals surface area contributed by atoms with Gasteiger partial charge in [-0.15, -0.1) is 0 Å². The lowest BCUT2D eigenvalue weighted by molar-refractivity contribution is -0.148. The van der Waals surface area contributed by atoms with E-state index in [-0.39, 0.29) is 23.8 Å². The van der Waals surface area contributed by atoms with Gasteiger partial charge in [-0.2, -0.15) is 0 Å². The number of rotatable bonds is 8. The highest BCUT2D eigenvalue weighted by molar-refractivity contribution is 5.90. The smallest absolute Gasteiger partial charge is 0.323 e. The Kier molecular flexibility index (Phi) is 6.21. The Morgan fingerprint density at radius 3 is 2.58 bits per heavy atom. The monoisotopic (exact) mass is 339 g/mol. The van der Waals surface area contributed by atoms with Crippen LogP contribution in [0.4, 0.5) is 0 Å². The summed E-state index contributed by atoms with van der Waals surface area (Å²) in [6.07, 6.45) is 4.12. The summed E-state index contributed by atoms with van der Waals surface area (Å²) >= 11 is 0. The lowest BCUT2D eigenvalue weighted by atomic mass is 9.97. The first kappa shape index (κ1) is 18.7.